The van der Waals surface area contributed by atoms with Gasteiger partial charge in [-0.15, -0.1) is 0 Å². The van der Waals surface area contributed by atoms with E-state index in [2.05, 4.69) is 0 Å². The number of amides is 1. The molecule has 6 nitrogen and oxygen atoms in total. The largest absolute Gasteiger partial charge is 0.481 e. The van der Waals surface area contributed by atoms with E-state index in [9.17, 15) is 14.0 Å². The van der Waals surface area contributed by atoms with Gasteiger partial charge < -0.3 is 19.5 Å². The van der Waals surface area contributed by atoms with Gasteiger partial charge in [-0.25, -0.2) is 4.39 Å². The Morgan fingerprint density at radius 2 is 1.96 bits per heavy atom. The predicted octanol–water partition coefficient (Wildman–Crippen LogP) is 2.07. The van der Waals surface area contributed by atoms with Crippen LogP contribution in [0.3, 0.4) is 0 Å². The van der Waals surface area contributed by atoms with Crippen molar-refractivity contribution in [2.45, 2.75) is 44.4 Å². The molecule has 1 fully saturated rings. The number of nitrogens with zero attached hydrogens (tertiary/aromatic N) is 1. The maximum atomic E-state index is 13.0. The molecule has 1 saturated heterocycles. The van der Waals surface area contributed by atoms with Crippen LogP contribution in [-0.4, -0.2) is 53.3 Å². The van der Waals surface area contributed by atoms with Crippen LogP contribution in [0.2, 0.25) is 0 Å². The number of carboxylic acids is 1. The summed E-state index contributed by atoms with van der Waals surface area (Å²) in [7, 11) is 1.54. The van der Waals surface area contributed by atoms with Crippen molar-refractivity contribution in [2.75, 3.05) is 13.7 Å². The number of carbonyl (C=O) groups is 2. The number of benzene rings is 1. The monoisotopic (exact) mass is 339 g/mol. The summed E-state index contributed by atoms with van der Waals surface area (Å²) in [6.45, 7) is 3.54. The molecule has 1 aliphatic heterocycles. The maximum Gasteiger partial charge on any atom is 0.305 e. The SMILES string of the molecule is COC1CC(CC(=O)O)N(C(=O)C(C)(C)Oc2ccc(F)cc2)C1. The number of hydrogen-bond acceptors (Lipinski definition) is 4. The first kappa shape index (κ1) is 18.2. The van der Waals surface area contributed by atoms with Crippen LogP contribution in [0.5, 0.6) is 5.75 Å². The number of hydrogen-bond donors (Lipinski definition) is 1. The Kier molecular flexibility index (Phi) is 5.43. The van der Waals surface area contributed by atoms with Crippen LogP contribution in [0, 0.1) is 5.82 Å². The molecule has 0 bridgehead atoms. The first-order valence-corrected chi connectivity index (χ1v) is 7.73. The number of ether oxygens (including phenoxy) is 2. The zero-order valence-corrected chi connectivity index (χ0v) is 14.0. The lowest BCUT2D eigenvalue weighted by Gasteiger charge is -2.33. The number of carbonyl (C=O) groups excluding carboxylic acids is 1. The molecule has 7 heteroatoms. The second-order valence-corrected chi connectivity index (χ2v) is 6.37. The molecule has 1 aromatic rings. The van der Waals surface area contributed by atoms with E-state index < -0.39 is 23.4 Å². The first-order chi connectivity index (χ1) is 11.2. The summed E-state index contributed by atoms with van der Waals surface area (Å²) < 4.78 is 24.0. The molecule has 1 N–H and O–H groups in total. The van der Waals surface area contributed by atoms with E-state index >= 15 is 0 Å². The maximum absolute atomic E-state index is 13.0. The molecule has 24 heavy (non-hydrogen) atoms. The van der Waals surface area contributed by atoms with Crippen molar-refractivity contribution in [1.82, 2.24) is 4.90 Å². The van der Waals surface area contributed by atoms with Crippen LogP contribution in [0.25, 0.3) is 0 Å². The Morgan fingerprint density at radius 3 is 2.50 bits per heavy atom. The molecule has 0 saturated carbocycles. The summed E-state index contributed by atoms with van der Waals surface area (Å²) in [5.74, 6) is -1.31. The third kappa shape index (κ3) is 4.23. The fraction of sp³-hybridized carbons (Fsp3) is 0.529. The highest BCUT2D eigenvalue weighted by Crippen LogP contribution is 2.28. The van der Waals surface area contributed by atoms with Crippen LogP contribution in [0.15, 0.2) is 24.3 Å². The van der Waals surface area contributed by atoms with Crippen LogP contribution >= 0.6 is 0 Å². The van der Waals surface area contributed by atoms with Gasteiger partial charge in [0.15, 0.2) is 5.60 Å². The summed E-state index contributed by atoms with van der Waals surface area (Å²) in [5, 5.41) is 9.05. The average Bonchev–Trinajstić information content (AvgIpc) is 2.90. The third-order valence-electron chi connectivity index (χ3n) is 4.08. The van der Waals surface area contributed by atoms with Crippen molar-refractivity contribution in [3.63, 3.8) is 0 Å². The quantitative estimate of drug-likeness (QED) is 0.859. The normalized spacial score (nSPS) is 20.9. The lowest BCUT2D eigenvalue weighted by atomic mass is 10.1. The van der Waals surface area contributed by atoms with Crippen LogP contribution in [0.1, 0.15) is 26.7 Å². The lowest BCUT2D eigenvalue weighted by molar-refractivity contribution is -0.148. The fourth-order valence-corrected chi connectivity index (χ4v) is 2.88. The molecule has 0 radical (unpaired) electrons. The summed E-state index contributed by atoms with van der Waals surface area (Å²) in [5.41, 5.74) is -1.21. The highest BCUT2D eigenvalue weighted by atomic mass is 19.1. The molecule has 2 atom stereocenters. The molecule has 1 heterocycles. The van der Waals surface area contributed by atoms with Crippen molar-refractivity contribution in [3.8, 4) is 5.75 Å². The standard InChI is InChI=1S/C17H22FNO5/c1-17(2,24-13-6-4-11(18)5-7-13)16(22)19-10-14(23-3)8-12(19)9-15(20)21/h4-7,12,14H,8-10H2,1-3H3,(H,20,21). The smallest absolute Gasteiger partial charge is 0.305 e. The summed E-state index contributed by atoms with van der Waals surface area (Å²) in [6.07, 6.45) is 0.138. The molecule has 0 aromatic heterocycles. The molecule has 1 amide bonds. The number of carboxylic acid groups (broad SMARTS) is 1. The van der Waals surface area contributed by atoms with Crippen molar-refractivity contribution < 1.29 is 28.6 Å². The summed E-state index contributed by atoms with van der Waals surface area (Å²) >= 11 is 0. The van der Waals surface area contributed by atoms with Crippen LogP contribution < -0.4 is 4.74 Å². The van der Waals surface area contributed by atoms with E-state index in [-0.39, 0.29) is 18.4 Å². The topological polar surface area (TPSA) is 76.1 Å². The molecule has 0 aliphatic carbocycles. The van der Waals surface area contributed by atoms with E-state index in [4.69, 9.17) is 14.6 Å². The van der Waals surface area contributed by atoms with Gasteiger partial charge in [-0.05, 0) is 44.5 Å². The number of halogens is 1. The van der Waals surface area contributed by atoms with Gasteiger partial charge in [-0.1, -0.05) is 0 Å². The average molecular weight is 339 g/mol. The second-order valence-electron chi connectivity index (χ2n) is 6.37. The summed E-state index contributed by atoms with van der Waals surface area (Å²) in [6, 6.07) is 4.96. The van der Waals surface area contributed by atoms with Gasteiger partial charge in [-0.2, -0.15) is 0 Å². The first-order valence-electron chi connectivity index (χ1n) is 7.73. The molecule has 1 aliphatic rings. The van der Waals surface area contributed by atoms with Crippen molar-refractivity contribution in [3.05, 3.63) is 30.1 Å². The highest BCUT2D eigenvalue weighted by Gasteiger charge is 2.43. The molecule has 2 unspecified atom stereocenters. The number of likely N-dealkylation sites (tertiary alicyclic amines) is 1. The molecular formula is C17H22FNO5. The van der Waals surface area contributed by atoms with Crippen molar-refractivity contribution in [2.24, 2.45) is 0 Å². The second kappa shape index (κ2) is 7.17. The molecule has 132 valence electrons. The van der Waals surface area contributed by atoms with Crippen LogP contribution in [0.4, 0.5) is 4.39 Å². The van der Waals surface area contributed by atoms with Gasteiger partial charge >= 0.3 is 5.97 Å². The van der Waals surface area contributed by atoms with Gasteiger partial charge in [0.1, 0.15) is 11.6 Å². The minimum atomic E-state index is -1.21. The van der Waals surface area contributed by atoms with Crippen LogP contribution in [-0.2, 0) is 14.3 Å². The van der Waals surface area contributed by atoms with Gasteiger partial charge in [0.25, 0.3) is 5.91 Å². The lowest BCUT2D eigenvalue weighted by Crippen LogP contribution is -2.51. The Labute approximate surface area is 140 Å². The molecular weight excluding hydrogens is 317 g/mol. The number of methoxy groups -OCH3 is 1. The van der Waals surface area contributed by atoms with E-state index in [1.54, 1.807) is 13.8 Å². The third-order valence-corrected chi connectivity index (χ3v) is 4.08. The molecule has 1 aromatic carbocycles. The highest BCUT2D eigenvalue weighted by molar-refractivity contribution is 5.86. The zero-order chi connectivity index (χ0) is 17.9. The fourth-order valence-electron chi connectivity index (χ4n) is 2.88. The van der Waals surface area contributed by atoms with E-state index in [0.717, 1.165) is 0 Å². The minimum Gasteiger partial charge on any atom is -0.481 e. The Balaban J connectivity index is 2.14. The van der Waals surface area contributed by atoms with Gasteiger partial charge in [0.2, 0.25) is 0 Å². The van der Waals surface area contributed by atoms with Gasteiger partial charge in [0.05, 0.1) is 12.5 Å². The Bertz CT molecular complexity index is 602. The zero-order valence-electron chi connectivity index (χ0n) is 14.0. The summed E-state index contributed by atoms with van der Waals surface area (Å²) in [4.78, 5) is 25.4. The van der Waals surface area contributed by atoms with Crippen molar-refractivity contribution >= 4 is 11.9 Å². The van der Waals surface area contributed by atoms with E-state index in [0.29, 0.717) is 18.7 Å². The Hall–Kier alpha value is -2.15. The number of rotatable bonds is 6. The van der Waals surface area contributed by atoms with Gasteiger partial charge in [0, 0.05) is 19.7 Å². The number of aliphatic carboxylic acids is 1. The molecule has 0 spiro atoms. The van der Waals surface area contributed by atoms with E-state index in [1.165, 1.54) is 36.3 Å². The van der Waals surface area contributed by atoms with E-state index in [1.807, 2.05) is 0 Å². The minimum absolute atomic E-state index is 0.141. The predicted molar refractivity (Wildman–Crippen MR) is 84.3 cm³/mol. The van der Waals surface area contributed by atoms with Crippen molar-refractivity contribution in [1.29, 1.82) is 0 Å². The Morgan fingerprint density at radius 1 is 1.33 bits per heavy atom. The molecule has 2 rings (SSSR count). The van der Waals surface area contributed by atoms with Gasteiger partial charge in [-0.3, -0.25) is 9.59 Å².